The van der Waals surface area contributed by atoms with E-state index in [1.54, 1.807) is 0 Å². The van der Waals surface area contributed by atoms with Crippen LogP contribution >= 0.6 is 11.8 Å². The number of thioether (sulfide) groups is 1. The molecule has 0 radical (unpaired) electrons. The minimum atomic E-state index is -0.268. The van der Waals surface area contributed by atoms with E-state index in [9.17, 15) is 9.59 Å². The second-order valence-electron chi connectivity index (χ2n) is 4.18. The fraction of sp³-hybridized carbons (Fsp3) is 0.333. The van der Waals surface area contributed by atoms with Gasteiger partial charge in [-0.15, -0.1) is 0 Å². The van der Waals surface area contributed by atoms with Gasteiger partial charge in [0.15, 0.2) is 0 Å². The van der Waals surface area contributed by atoms with Crippen molar-refractivity contribution in [1.82, 2.24) is 9.97 Å². The number of anilines is 1. The number of hydrogen-bond acceptors (Lipinski definition) is 3. The van der Waals surface area contributed by atoms with Crippen LogP contribution in [0, 0.1) is 13.8 Å². The molecule has 5 nitrogen and oxygen atoms in total. The van der Waals surface area contributed by atoms with Crippen LogP contribution in [0.25, 0.3) is 11.0 Å². The maximum absolute atomic E-state index is 11.7. The highest BCUT2D eigenvalue weighted by Gasteiger charge is 2.12. The zero-order valence-electron chi connectivity index (χ0n) is 10.5. The van der Waals surface area contributed by atoms with Crippen LogP contribution in [0.2, 0.25) is 0 Å². The van der Waals surface area contributed by atoms with Gasteiger partial charge in [0.2, 0.25) is 5.91 Å². The number of imidazole rings is 1. The average Bonchev–Trinajstić information content (AvgIpc) is 2.65. The van der Waals surface area contributed by atoms with Gasteiger partial charge in [-0.2, -0.15) is 11.8 Å². The number of rotatable bonds is 3. The van der Waals surface area contributed by atoms with Gasteiger partial charge in [0.25, 0.3) is 0 Å². The first-order chi connectivity index (χ1) is 8.52. The van der Waals surface area contributed by atoms with Crippen LogP contribution in [-0.2, 0) is 4.79 Å². The first-order valence-corrected chi connectivity index (χ1v) is 6.93. The van der Waals surface area contributed by atoms with Gasteiger partial charge in [-0.25, -0.2) is 4.79 Å². The van der Waals surface area contributed by atoms with E-state index >= 15 is 0 Å². The first-order valence-electron chi connectivity index (χ1n) is 5.54. The molecule has 0 saturated heterocycles. The highest BCUT2D eigenvalue weighted by Crippen LogP contribution is 2.26. The molecule has 1 aromatic carbocycles. The lowest BCUT2D eigenvalue weighted by atomic mass is 10.1. The molecular formula is C12H15N3O2S. The van der Waals surface area contributed by atoms with Crippen molar-refractivity contribution in [3.63, 3.8) is 0 Å². The number of amides is 1. The Morgan fingerprint density at radius 3 is 2.78 bits per heavy atom. The molecular weight excluding hydrogens is 250 g/mol. The monoisotopic (exact) mass is 265 g/mol. The number of aryl methyl sites for hydroxylation is 1. The smallest absolute Gasteiger partial charge is 0.323 e. The van der Waals surface area contributed by atoms with Crippen molar-refractivity contribution in [2.75, 3.05) is 17.3 Å². The summed E-state index contributed by atoms with van der Waals surface area (Å²) in [6.45, 7) is 3.87. The molecule has 0 spiro atoms. The van der Waals surface area contributed by atoms with Gasteiger partial charge in [-0.3, -0.25) is 4.79 Å². The molecule has 1 heterocycles. The normalized spacial score (nSPS) is 10.8. The van der Waals surface area contributed by atoms with Gasteiger partial charge in [0.1, 0.15) is 0 Å². The van der Waals surface area contributed by atoms with Gasteiger partial charge in [0.05, 0.1) is 22.5 Å². The summed E-state index contributed by atoms with van der Waals surface area (Å²) in [6.07, 6.45) is 1.87. The van der Waals surface area contributed by atoms with Crippen molar-refractivity contribution >= 4 is 34.4 Å². The molecule has 1 aromatic heterocycles. The molecule has 2 rings (SSSR count). The Hall–Kier alpha value is -1.69. The predicted molar refractivity (Wildman–Crippen MR) is 75.4 cm³/mol. The average molecular weight is 265 g/mol. The Kier molecular flexibility index (Phi) is 3.47. The number of hydrogen-bond donors (Lipinski definition) is 3. The topological polar surface area (TPSA) is 77.8 Å². The Labute approximate surface area is 108 Å². The number of benzene rings is 1. The minimum absolute atomic E-state index is 0.0699. The van der Waals surface area contributed by atoms with Crippen LogP contribution in [0.5, 0.6) is 0 Å². The third-order valence-electron chi connectivity index (χ3n) is 2.87. The fourth-order valence-corrected chi connectivity index (χ4v) is 2.21. The zero-order valence-corrected chi connectivity index (χ0v) is 11.3. The lowest BCUT2D eigenvalue weighted by Gasteiger charge is -2.11. The number of carbonyl (C=O) groups is 1. The summed E-state index contributed by atoms with van der Waals surface area (Å²) in [5, 5.41) is 2.86. The van der Waals surface area contributed by atoms with Crippen molar-refractivity contribution < 1.29 is 4.79 Å². The maximum atomic E-state index is 11.7. The quantitative estimate of drug-likeness (QED) is 0.791. The van der Waals surface area contributed by atoms with Crippen molar-refractivity contribution in [3.05, 3.63) is 27.7 Å². The van der Waals surface area contributed by atoms with E-state index < -0.39 is 0 Å². The zero-order chi connectivity index (χ0) is 13.3. The molecule has 0 saturated carbocycles. The highest BCUT2D eigenvalue weighted by molar-refractivity contribution is 7.99. The largest absolute Gasteiger partial charge is 0.323 e. The number of H-pyrrole nitrogens is 2. The second-order valence-corrected chi connectivity index (χ2v) is 5.04. The van der Waals surface area contributed by atoms with Crippen LogP contribution in [-0.4, -0.2) is 27.9 Å². The molecule has 0 fully saturated rings. The second kappa shape index (κ2) is 4.89. The van der Waals surface area contributed by atoms with Gasteiger partial charge in [-0.05, 0) is 37.3 Å². The van der Waals surface area contributed by atoms with Crippen molar-refractivity contribution in [2.24, 2.45) is 0 Å². The highest BCUT2D eigenvalue weighted by atomic mass is 32.2. The summed E-state index contributed by atoms with van der Waals surface area (Å²) < 4.78 is 0. The number of fused-ring (bicyclic) bond motifs is 1. The van der Waals surface area contributed by atoms with E-state index in [0.717, 1.165) is 11.1 Å². The molecule has 0 aliphatic rings. The summed E-state index contributed by atoms with van der Waals surface area (Å²) in [4.78, 5) is 28.5. The van der Waals surface area contributed by atoms with E-state index in [0.29, 0.717) is 22.5 Å². The molecule has 6 heteroatoms. The van der Waals surface area contributed by atoms with E-state index in [1.807, 2.05) is 26.2 Å². The Morgan fingerprint density at radius 2 is 2.11 bits per heavy atom. The lowest BCUT2D eigenvalue weighted by molar-refractivity contribution is -0.113. The fourth-order valence-electron chi connectivity index (χ4n) is 1.87. The summed E-state index contributed by atoms with van der Waals surface area (Å²) in [5.74, 6) is 0.323. The molecule has 18 heavy (non-hydrogen) atoms. The summed E-state index contributed by atoms with van der Waals surface area (Å²) >= 11 is 1.46. The minimum Gasteiger partial charge on any atom is -0.323 e. The molecule has 2 aromatic rings. The van der Waals surface area contributed by atoms with E-state index in [4.69, 9.17) is 0 Å². The van der Waals surface area contributed by atoms with Crippen molar-refractivity contribution in [2.45, 2.75) is 13.8 Å². The van der Waals surface area contributed by atoms with Crippen LogP contribution in [0.3, 0.4) is 0 Å². The summed E-state index contributed by atoms with van der Waals surface area (Å²) in [5.41, 5.74) is 3.77. The standard InChI is InChI=1S/C12H15N3O2S/c1-6-4-8-11(15-12(17)13-8)10(7(6)2)14-9(16)5-18-3/h4H,5H2,1-3H3,(H,14,16)(H2,13,15,17). The molecule has 96 valence electrons. The van der Waals surface area contributed by atoms with Crippen molar-refractivity contribution in [3.8, 4) is 0 Å². The number of carbonyl (C=O) groups excluding carboxylic acids is 1. The maximum Gasteiger partial charge on any atom is 0.323 e. The Bertz CT molecular complexity index is 657. The van der Waals surface area contributed by atoms with E-state index in [-0.39, 0.29) is 11.6 Å². The van der Waals surface area contributed by atoms with Gasteiger partial charge in [-0.1, -0.05) is 0 Å². The van der Waals surface area contributed by atoms with Crippen LogP contribution in [0.1, 0.15) is 11.1 Å². The molecule has 1 amide bonds. The molecule has 0 unspecified atom stereocenters. The van der Waals surface area contributed by atoms with Crippen molar-refractivity contribution in [1.29, 1.82) is 0 Å². The molecule has 3 N–H and O–H groups in total. The van der Waals surface area contributed by atoms with Gasteiger partial charge in [0, 0.05) is 0 Å². The predicted octanol–water partition coefficient (Wildman–Crippen LogP) is 1.77. The third-order valence-corrected chi connectivity index (χ3v) is 3.42. The SMILES string of the molecule is CSCC(=O)Nc1c(C)c(C)cc2[nH]c(=O)[nH]c12. The summed E-state index contributed by atoms with van der Waals surface area (Å²) in [6, 6.07) is 1.90. The number of aromatic nitrogens is 2. The van der Waals surface area contributed by atoms with E-state index in [1.165, 1.54) is 11.8 Å². The number of aromatic amines is 2. The lowest BCUT2D eigenvalue weighted by Crippen LogP contribution is -2.15. The Balaban J connectivity index is 2.56. The molecule has 0 bridgehead atoms. The van der Waals surface area contributed by atoms with Gasteiger partial charge < -0.3 is 15.3 Å². The molecule has 0 aliphatic heterocycles. The number of nitrogens with one attached hydrogen (secondary N) is 3. The molecule has 0 aliphatic carbocycles. The molecule has 0 atom stereocenters. The third kappa shape index (κ3) is 2.28. The Morgan fingerprint density at radius 1 is 1.39 bits per heavy atom. The van der Waals surface area contributed by atoms with E-state index in [2.05, 4.69) is 15.3 Å². The van der Waals surface area contributed by atoms with Crippen LogP contribution in [0.15, 0.2) is 10.9 Å². The van der Waals surface area contributed by atoms with Crippen LogP contribution < -0.4 is 11.0 Å². The first kappa shape index (κ1) is 12.8. The summed E-state index contributed by atoms with van der Waals surface area (Å²) in [7, 11) is 0. The van der Waals surface area contributed by atoms with Crippen LogP contribution in [0.4, 0.5) is 5.69 Å². The van der Waals surface area contributed by atoms with Gasteiger partial charge >= 0.3 is 5.69 Å².